The second-order valence-electron chi connectivity index (χ2n) is 17.1. The van der Waals surface area contributed by atoms with E-state index in [9.17, 15) is 29.8 Å². The van der Waals surface area contributed by atoms with E-state index in [1.807, 2.05) is 78.9 Å². The van der Waals surface area contributed by atoms with Gasteiger partial charge in [0.05, 0.1) is 35.2 Å². The fourth-order valence-corrected chi connectivity index (χ4v) is 14.4. The molecule has 2 amide bonds. The van der Waals surface area contributed by atoms with Gasteiger partial charge in [0.1, 0.15) is 18.1 Å². The van der Waals surface area contributed by atoms with Crippen molar-refractivity contribution in [3.8, 4) is 0 Å². The van der Waals surface area contributed by atoms with Crippen molar-refractivity contribution in [2.75, 3.05) is 11.5 Å². The smallest absolute Gasteiger partial charge is 0.455 e. The molecule has 0 radical (unpaired) electrons. The lowest BCUT2D eigenvalue weighted by Crippen LogP contribution is -2.66. The Bertz CT molecular complexity index is 2430. The zero-order chi connectivity index (χ0) is 42.9. The third-order valence-corrected chi connectivity index (χ3v) is 17.4. The number of non-ortho nitro benzene ring substituents is 1. The molecule has 312 valence electrons. The normalized spacial score (nSPS) is 20.8. The summed E-state index contributed by atoms with van der Waals surface area (Å²) in [4.78, 5) is 41.5. The molecular weight excluding hydrogens is 787 g/mol. The standard InChI is InChI=1S/C48H49BN2O9Si/c1-48(2,3)61(39-18-9-5-10-19-39,40-20-11-6-12-21-40)58-31-34-27-41-45(47(54)50(46(41)53)35-16-13-17-36(28-35)51(56)57)42-29-49(55)60-43(44(34)42)25-22-33(32-14-7-4-8-15-32)26-37-23-24-38(30-52)59-37/h4-21,23-24,26,28,41-43,45,52,55H,22,25,27,29-31H2,1-3H3/b33-26-/t41-,42+,43-,45-/m1/s1. The highest BCUT2D eigenvalue weighted by Gasteiger charge is 2.58. The molecule has 0 spiro atoms. The van der Waals surface area contributed by atoms with Crippen molar-refractivity contribution in [3.05, 3.63) is 166 Å². The van der Waals surface area contributed by atoms with Gasteiger partial charge in [-0.2, -0.15) is 0 Å². The first kappa shape index (κ1) is 42.0. The maximum Gasteiger partial charge on any atom is 0.455 e. The Morgan fingerprint density at radius 3 is 2.16 bits per heavy atom. The van der Waals surface area contributed by atoms with Crippen LogP contribution in [0.3, 0.4) is 0 Å². The summed E-state index contributed by atoms with van der Waals surface area (Å²) in [5.41, 5.74) is 3.56. The molecule has 5 aromatic rings. The molecule has 2 fully saturated rings. The van der Waals surface area contributed by atoms with Crippen LogP contribution in [0.15, 0.2) is 143 Å². The first-order chi connectivity index (χ1) is 29.4. The number of amides is 2. The van der Waals surface area contributed by atoms with Gasteiger partial charge in [-0.15, -0.1) is 0 Å². The highest BCUT2D eigenvalue weighted by molar-refractivity contribution is 6.99. The van der Waals surface area contributed by atoms with Crippen LogP contribution < -0.4 is 15.3 Å². The molecule has 0 bridgehead atoms. The second kappa shape index (κ2) is 17.3. The zero-order valence-electron chi connectivity index (χ0n) is 34.5. The molecule has 1 aliphatic carbocycles. The fourth-order valence-electron chi connectivity index (χ4n) is 9.82. The average molecular weight is 837 g/mol. The molecule has 2 N–H and O–H groups in total. The van der Waals surface area contributed by atoms with Crippen LogP contribution in [0.5, 0.6) is 0 Å². The Morgan fingerprint density at radius 1 is 0.902 bits per heavy atom. The van der Waals surface area contributed by atoms with Crippen LogP contribution in [-0.2, 0) is 25.3 Å². The minimum absolute atomic E-state index is 0.0925. The summed E-state index contributed by atoms with van der Waals surface area (Å²) in [6, 6.07) is 39.7. The largest absolute Gasteiger partial charge is 0.459 e. The van der Waals surface area contributed by atoms with Crippen molar-refractivity contribution in [1.82, 2.24) is 0 Å². The van der Waals surface area contributed by atoms with Crippen molar-refractivity contribution >= 4 is 60.6 Å². The van der Waals surface area contributed by atoms with Gasteiger partial charge < -0.3 is 23.6 Å². The Labute approximate surface area is 356 Å². The van der Waals surface area contributed by atoms with Crippen molar-refractivity contribution in [2.24, 2.45) is 17.8 Å². The SMILES string of the molecule is CC(C)(C)[Si](OCC1=C2[C@@H](CC/C(=C/c3ccc(CO)o3)c3ccccc3)OB(O)C[C@@H]2[C@@H]2C(=O)N(c3cccc([N+](=O)[O-])c3)C(=O)[C@@H]2C1)(c1ccccc1)c1ccccc1. The number of hydrogen-bond acceptors (Lipinski definition) is 9. The molecule has 8 rings (SSSR count). The Hall–Kier alpha value is -5.70. The summed E-state index contributed by atoms with van der Waals surface area (Å²) in [5.74, 6) is -1.99. The van der Waals surface area contributed by atoms with E-state index in [1.54, 1.807) is 12.1 Å². The Morgan fingerprint density at radius 2 is 1.56 bits per heavy atom. The molecule has 2 aliphatic heterocycles. The number of furan rings is 1. The van der Waals surface area contributed by atoms with Crippen molar-refractivity contribution in [1.29, 1.82) is 0 Å². The highest BCUT2D eigenvalue weighted by Crippen LogP contribution is 2.52. The molecule has 13 heteroatoms. The molecule has 2 saturated heterocycles. The summed E-state index contributed by atoms with van der Waals surface area (Å²) < 4.78 is 19.8. The van der Waals surface area contributed by atoms with Crippen LogP contribution >= 0.6 is 0 Å². The van der Waals surface area contributed by atoms with Gasteiger partial charge in [-0.25, -0.2) is 4.90 Å². The van der Waals surface area contributed by atoms with Gasteiger partial charge in [-0.1, -0.05) is 118 Å². The van der Waals surface area contributed by atoms with Gasteiger partial charge in [0.25, 0.3) is 14.0 Å². The van der Waals surface area contributed by atoms with E-state index < -0.39 is 56.0 Å². The Balaban J connectivity index is 1.23. The van der Waals surface area contributed by atoms with Gasteiger partial charge in [0.15, 0.2) is 0 Å². The number of fused-ring (bicyclic) bond motifs is 3. The number of hydrogen-bond donors (Lipinski definition) is 2. The number of nitro benzene ring substituents is 1. The van der Waals surface area contributed by atoms with Gasteiger partial charge in [-0.3, -0.25) is 19.7 Å². The number of carbonyl (C=O) groups is 2. The molecule has 4 aromatic carbocycles. The third kappa shape index (κ3) is 8.11. The van der Waals surface area contributed by atoms with Crippen LogP contribution in [0.4, 0.5) is 11.4 Å². The minimum Gasteiger partial charge on any atom is -0.459 e. The van der Waals surface area contributed by atoms with Gasteiger partial charge in [0.2, 0.25) is 11.8 Å². The molecule has 0 unspecified atom stereocenters. The lowest BCUT2D eigenvalue weighted by Gasteiger charge is -2.46. The number of nitrogens with zero attached hydrogens (tertiary/aromatic N) is 2. The third-order valence-electron chi connectivity index (χ3n) is 12.5. The summed E-state index contributed by atoms with van der Waals surface area (Å²) in [5, 5.41) is 34.8. The monoisotopic (exact) mass is 836 g/mol. The van der Waals surface area contributed by atoms with Crippen LogP contribution in [0, 0.1) is 27.9 Å². The van der Waals surface area contributed by atoms with Crippen LogP contribution in [0.25, 0.3) is 11.6 Å². The zero-order valence-corrected chi connectivity index (χ0v) is 35.5. The first-order valence-corrected chi connectivity index (χ1v) is 22.7. The number of carbonyl (C=O) groups excluding carboxylic acids is 2. The van der Waals surface area contributed by atoms with Gasteiger partial charge in [-0.05, 0) is 93.5 Å². The number of benzene rings is 4. The minimum atomic E-state index is -3.09. The molecule has 3 heterocycles. The average Bonchev–Trinajstić information content (AvgIpc) is 3.83. The number of aliphatic hydroxyl groups excluding tert-OH is 1. The van der Waals surface area contributed by atoms with E-state index >= 15 is 0 Å². The molecular formula is C48H49BN2O9Si. The molecule has 61 heavy (non-hydrogen) atoms. The number of imide groups is 1. The maximum atomic E-state index is 14.6. The van der Waals surface area contributed by atoms with E-state index in [1.165, 1.54) is 18.2 Å². The summed E-state index contributed by atoms with van der Waals surface area (Å²) in [7, 11) is -4.30. The molecule has 3 aliphatic rings. The number of nitro groups is 1. The quantitative estimate of drug-likeness (QED) is 0.0402. The number of rotatable bonds is 13. The molecule has 1 aromatic heterocycles. The van der Waals surface area contributed by atoms with Crippen molar-refractivity contribution in [2.45, 2.75) is 64.1 Å². The molecule has 11 nitrogen and oxygen atoms in total. The predicted molar refractivity (Wildman–Crippen MR) is 237 cm³/mol. The molecule has 4 atom stereocenters. The van der Waals surface area contributed by atoms with E-state index in [0.29, 0.717) is 24.4 Å². The highest BCUT2D eigenvalue weighted by atomic mass is 28.4. The number of allylic oxidation sites excluding steroid dienone is 1. The first-order valence-electron chi connectivity index (χ1n) is 20.8. The summed E-state index contributed by atoms with van der Waals surface area (Å²) in [6.07, 6.45) is 2.54. The Kier molecular flexibility index (Phi) is 11.9. The summed E-state index contributed by atoms with van der Waals surface area (Å²) >= 11 is 0. The van der Waals surface area contributed by atoms with Crippen molar-refractivity contribution in [3.63, 3.8) is 0 Å². The lowest BCUT2D eigenvalue weighted by molar-refractivity contribution is -0.384. The second-order valence-corrected chi connectivity index (χ2v) is 21.4. The van der Waals surface area contributed by atoms with Crippen LogP contribution in [-0.4, -0.2) is 55.0 Å². The molecule has 0 saturated carbocycles. The maximum absolute atomic E-state index is 14.6. The van der Waals surface area contributed by atoms with E-state index in [2.05, 4.69) is 45.0 Å². The van der Waals surface area contributed by atoms with Gasteiger partial charge in [0, 0.05) is 12.1 Å². The number of aliphatic hydroxyl groups is 1. The van der Waals surface area contributed by atoms with E-state index in [0.717, 1.165) is 37.6 Å². The predicted octanol–water partition coefficient (Wildman–Crippen LogP) is 7.58. The fraction of sp³-hybridized carbons (Fsp3) is 0.292. The number of anilines is 1. The lowest BCUT2D eigenvalue weighted by atomic mass is 9.58. The topological polar surface area (TPSA) is 153 Å². The van der Waals surface area contributed by atoms with Crippen molar-refractivity contribution < 1.29 is 38.1 Å². The van der Waals surface area contributed by atoms with Crippen LogP contribution in [0.2, 0.25) is 11.4 Å². The van der Waals surface area contributed by atoms with Gasteiger partial charge >= 0.3 is 7.12 Å². The van der Waals surface area contributed by atoms with Crippen LogP contribution in [0.1, 0.15) is 57.1 Å². The van der Waals surface area contributed by atoms with E-state index in [-0.39, 0.29) is 42.4 Å². The summed E-state index contributed by atoms with van der Waals surface area (Å²) in [6.45, 7) is 6.55. The van der Waals surface area contributed by atoms with E-state index in [4.69, 9.17) is 13.5 Å².